The lowest BCUT2D eigenvalue weighted by Crippen LogP contribution is -2.23. The van der Waals surface area contributed by atoms with Crippen LogP contribution in [0, 0.1) is 6.92 Å². The van der Waals surface area contributed by atoms with Crippen molar-refractivity contribution in [3.63, 3.8) is 0 Å². The minimum atomic E-state index is 0.0844. The molecule has 0 bridgehead atoms. The summed E-state index contributed by atoms with van der Waals surface area (Å²) in [5, 5.41) is 3.46. The number of nitrogens with zero attached hydrogens (tertiary/aromatic N) is 2. The van der Waals surface area contributed by atoms with Gasteiger partial charge in [0, 0.05) is 16.9 Å². The van der Waals surface area contributed by atoms with Gasteiger partial charge in [0.1, 0.15) is 0 Å². The van der Waals surface area contributed by atoms with Gasteiger partial charge in [-0.3, -0.25) is 9.97 Å². The highest BCUT2D eigenvalue weighted by atomic mass is 79.9. The van der Waals surface area contributed by atoms with E-state index in [9.17, 15) is 0 Å². The molecule has 1 N–H and O–H groups in total. The summed E-state index contributed by atoms with van der Waals surface area (Å²) in [7, 11) is 0. The van der Waals surface area contributed by atoms with Gasteiger partial charge in [-0.15, -0.1) is 0 Å². The molecule has 0 aliphatic rings. The second-order valence-corrected chi connectivity index (χ2v) is 5.04. The number of aromatic nitrogens is 2. The Balaban J connectivity index is 2.44. The summed E-state index contributed by atoms with van der Waals surface area (Å²) < 4.78 is 1.08. The van der Waals surface area contributed by atoms with Crippen LogP contribution in [-0.2, 0) is 0 Å². The van der Waals surface area contributed by atoms with Gasteiger partial charge in [-0.1, -0.05) is 28.9 Å². The molecule has 0 spiro atoms. The van der Waals surface area contributed by atoms with Crippen molar-refractivity contribution in [2.24, 2.45) is 0 Å². The number of benzene rings is 1. The molecule has 1 aromatic heterocycles. The van der Waals surface area contributed by atoms with Crippen LogP contribution in [0.2, 0.25) is 0 Å². The number of aryl methyl sites for hydroxylation is 1. The predicted octanol–water partition coefficient (Wildman–Crippen LogP) is 3.25. The van der Waals surface area contributed by atoms with E-state index >= 15 is 0 Å². The number of hydrogen-bond donors (Lipinski definition) is 1. The molecule has 18 heavy (non-hydrogen) atoms. The van der Waals surface area contributed by atoms with Crippen LogP contribution in [0.3, 0.4) is 0 Å². The van der Waals surface area contributed by atoms with E-state index < -0.39 is 0 Å². The van der Waals surface area contributed by atoms with Crippen molar-refractivity contribution in [1.29, 1.82) is 0 Å². The Labute approximate surface area is 116 Å². The van der Waals surface area contributed by atoms with E-state index in [-0.39, 0.29) is 6.04 Å². The Hall–Kier alpha value is -1.26. The molecule has 1 unspecified atom stereocenters. The van der Waals surface area contributed by atoms with Gasteiger partial charge >= 0.3 is 0 Å². The SMILES string of the molecule is CCNC(c1cnccn1)c1cc(Br)ccc1C. The summed E-state index contributed by atoms with van der Waals surface area (Å²) in [6.45, 7) is 5.09. The first-order valence-corrected chi connectivity index (χ1v) is 6.77. The van der Waals surface area contributed by atoms with Crippen LogP contribution >= 0.6 is 15.9 Å². The molecule has 4 heteroatoms. The maximum absolute atomic E-state index is 4.40. The lowest BCUT2D eigenvalue weighted by atomic mass is 9.99. The van der Waals surface area contributed by atoms with Crippen molar-refractivity contribution in [2.45, 2.75) is 19.9 Å². The molecule has 0 aliphatic heterocycles. The number of halogens is 1. The van der Waals surface area contributed by atoms with E-state index in [1.165, 1.54) is 11.1 Å². The first-order chi connectivity index (χ1) is 8.72. The van der Waals surface area contributed by atoms with Crippen LogP contribution in [0.5, 0.6) is 0 Å². The Morgan fingerprint density at radius 1 is 1.33 bits per heavy atom. The molecule has 1 aromatic carbocycles. The van der Waals surface area contributed by atoms with E-state index in [2.05, 4.69) is 63.3 Å². The number of rotatable bonds is 4. The van der Waals surface area contributed by atoms with Gasteiger partial charge in [0.25, 0.3) is 0 Å². The first kappa shape index (κ1) is 13.2. The van der Waals surface area contributed by atoms with Gasteiger partial charge in [0.05, 0.1) is 17.9 Å². The smallest absolute Gasteiger partial charge is 0.0801 e. The lowest BCUT2D eigenvalue weighted by Gasteiger charge is -2.19. The summed E-state index contributed by atoms with van der Waals surface area (Å²) >= 11 is 3.52. The highest BCUT2D eigenvalue weighted by molar-refractivity contribution is 9.10. The average molecular weight is 306 g/mol. The van der Waals surface area contributed by atoms with Crippen molar-refractivity contribution < 1.29 is 0 Å². The molecule has 0 amide bonds. The fourth-order valence-corrected chi connectivity index (χ4v) is 2.34. The molecule has 0 saturated carbocycles. The Bertz CT molecular complexity index is 514. The summed E-state index contributed by atoms with van der Waals surface area (Å²) in [6.07, 6.45) is 5.24. The Kier molecular flexibility index (Phi) is 4.44. The predicted molar refractivity (Wildman–Crippen MR) is 76.4 cm³/mol. The van der Waals surface area contributed by atoms with Crippen LogP contribution in [0.1, 0.15) is 29.8 Å². The van der Waals surface area contributed by atoms with Gasteiger partial charge in [0.2, 0.25) is 0 Å². The third-order valence-electron chi connectivity index (χ3n) is 2.84. The monoisotopic (exact) mass is 305 g/mol. The Morgan fingerprint density at radius 2 is 2.17 bits per heavy atom. The molecule has 94 valence electrons. The molecule has 0 radical (unpaired) electrons. The summed E-state index contributed by atoms with van der Waals surface area (Å²) in [5.41, 5.74) is 3.42. The van der Waals surface area contributed by atoms with E-state index in [1.807, 2.05) is 6.20 Å². The number of hydrogen-bond acceptors (Lipinski definition) is 3. The Morgan fingerprint density at radius 3 is 2.83 bits per heavy atom. The van der Waals surface area contributed by atoms with Crippen molar-refractivity contribution in [2.75, 3.05) is 6.54 Å². The van der Waals surface area contributed by atoms with Crippen molar-refractivity contribution in [1.82, 2.24) is 15.3 Å². The molecule has 2 aromatic rings. The first-order valence-electron chi connectivity index (χ1n) is 5.97. The molecule has 2 rings (SSSR count). The standard InChI is InChI=1S/C14H16BrN3/c1-3-17-14(13-9-16-6-7-18-13)12-8-11(15)5-4-10(12)2/h4-9,14,17H,3H2,1-2H3. The van der Waals surface area contributed by atoms with E-state index in [4.69, 9.17) is 0 Å². The minimum absolute atomic E-state index is 0.0844. The van der Waals surface area contributed by atoms with Crippen LogP contribution in [0.15, 0.2) is 41.3 Å². The van der Waals surface area contributed by atoms with Gasteiger partial charge in [-0.2, -0.15) is 0 Å². The highest BCUT2D eigenvalue weighted by Crippen LogP contribution is 2.26. The van der Waals surface area contributed by atoms with Crippen LogP contribution in [0.25, 0.3) is 0 Å². The topological polar surface area (TPSA) is 37.8 Å². The summed E-state index contributed by atoms with van der Waals surface area (Å²) in [4.78, 5) is 8.56. The normalized spacial score (nSPS) is 12.4. The van der Waals surface area contributed by atoms with E-state index in [0.29, 0.717) is 0 Å². The fourth-order valence-electron chi connectivity index (χ4n) is 1.96. The third kappa shape index (κ3) is 2.94. The van der Waals surface area contributed by atoms with Gasteiger partial charge in [-0.05, 0) is 36.7 Å². The number of nitrogens with one attached hydrogen (secondary N) is 1. The van der Waals surface area contributed by atoms with E-state index in [1.54, 1.807) is 12.4 Å². The lowest BCUT2D eigenvalue weighted by molar-refractivity contribution is 0.610. The molecular formula is C14H16BrN3. The second-order valence-electron chi connectivity index (χ2n) is 4.12. The van der Waals surface area contributed by atoms with Gasteiger partial charge < -0.3 is 5.32 Å². The summed E-state index contributed by atoms with van der Waals surface area (Å²) in [6, 6.07) is 6.39. The molecule has 1 heterocycles. The zero-order chi connectivity index (χ0) is 13.0. The van der Waals surface area contributed by atoms with Gasteiger partial charge in [-0.25, -0.2) is 0 Å². The second kappa shape index (κ2) is 6.07. The fraction of sp³-hybridized carbons (Fsp3) is 0.286. The average Bonchev–Trinajstić information content (AvgIpc) is 2.40. The van der Waals surface area contributed by atoms with Gasteiger partial charge in [0.15, 0.2) is 0 Å². The maximum atomic E-state index is 4.40. The molecule has 0 aliphatic carbocycles. The summed E-state index contributed by atoms with van der Waals surface area (Å²) in [5.74, 6) is 0. The maximum Gasteiger partial charge on any atom is 0.0801 e. The minimum Gasteiger partial charge on any atom is -0.305 e. The molecule has 0 fully saturated rings. The highest BCUT2D eigenvalue weighted by Gasteiger charge is 2.16. The third-order valence-corrected chi connectivity index (χ3v) is 3.33. The largest absolute Gasteiger partial charge is 0.305 e. The zero-order valence-electron chi connectivity index (χ0n) is 10.5. The molecule has 3 nitrogen and oxygen atoms in total. The van der Waals surface area contributed by atoms with Crippen LogP contribution < -0.4 is 5.32 Å². The molecular weight excluding hydrogens is 290 g/mol. The van der Waals surface area contributed by atoms with Crippen LogP contribution in [-0.4, -0.2) is 16.5 Å². The van der Waals surface area contributed by atoms with Crippen LogP contribution in [0.4, 0.5) is 0 Å². The van der Waals surface area contributed by atoms with E-state index in [0.717, 1.165) is 16.7 Å². The molecule has 1 atom stereocenters. The zero-order valence-corrected chi connectivity index (χ0v) is 12.1. The van der Waals surface area contributed by atoms with Crippen molar-refractivity contribution in [3.05, 3.63) is 58.1 Å². The van der Waals surface area contributed by atoms with Crippen molar-refractivity contribution in [3.8, 4) is 0 Å². The quantitative estimate of drug-likeness (QED) is 0.942. The molecule has 0 saturated heterocycles. The van der Waals surface area contributed by atoms with Crippen molar-refractivity contribution >= 4 is 15.9 Å².